The van der Waals surface area contributed by atoms with Crippen LogP contribution in [0.15, 0.2) is 0 Å². The van der Waals surface area contributed by atoms with Crippen LogP contribution in [0.2, 0.25) is 0 Å². The molecule has 0 saturated carbocycles. The third-order valence-corrected chi connectivity index (χ3v) is 2.31. The van der Waals surface area contributed by atoms with Crippen molar-refractivity contribution in [3.8, 4) is 12.3 Å². The van der Waals surface area contributed by atoms with Gasteiger partial charge in [-0.25, -0.2) is 4.79 Å². The molecular weight excluding hydrogens is 214 g/mol. The van der Waals surface area contributed by atoms with Crippen LogP contribution in [-0.4, -0.2) is 17.7 Å². The first kappa shape index (κ1) is 15.8. The van der Waals surface area contributed by atoms with Gasteiger partial charge in [0, 0.05) is 12.5 Å². The average Bonchev–Trinajstić information content (AvgIpc) is 2.07. The predicted octanol–water partition coefficient (Wildman–Crippen LogP) is 3.34. The topological polar surface area (TPSA) is 38.3 Å². The van der Waals surface area contributed by atoms with Crippen molar-refractivity contribution < 1.29 is 9.53 Å². The van der Waals surface area contributed by atoms with Gasteiger partial charge in [-0.2, -0.15) is 0 Å². The summed E-state index contributed by atoms with van der Waals surface area (Å²) in [4.78, 5) is 11.7. The van der Waals surface area contributed by atoms with Gasteiger partial charge in [-0.05, 0) is 32.6 Å². The number of alkyl carbamates (subject to hydrolysis) is 1. The van der Waals surface area contributed by atoms with Crippen molar-refractivity contribution in [3.63, 3.8) is 0 Å². The van der Waals surface area contributed by atoms with E-state index in [-0.39, 0.29) is 17.6 Å². The summed E-state index contributed by atoms with van der Waals surface area (Å²) in [6.07, 6.45) is 6.29. The van der Waals surface area contributed by atoms with Gasteiger partial charge in [0.2, 0.25) is 0 Å². The molecule has 0 saturated heterocycles. The van der Waals surface area contributed by atoms with Crippen molar-refractivity contribution in [1.29, 1.82) is 0 Å². The quantitative estimate of drug-likeness (QED) is 0.767. The lowest BCUT2D eigenvalue weighted by molar-refractivity contribution is 0.0460. The summed E-state index contributed by atoms with van der Waals surface area (Å²) in [6.45, 7) is 11.8. The zero-order chi connectivity index (χ0) is 13.7. The van der Waals surface area contributed by atoms with E-state index in [2.05, 4.69) is 32.0 Å². The highest BCUT2D eigenvalue weighted by Crippen LogP contribution is 2.23. The molecule has 0 aromatic rings. The Morgan fingerprint density at radius 3 is 2.18 bits per heavy atom. The van der Waals surface area contributed by atoms with Gasteiger partial charge in [0.05, 0.1) is 0 Å². The van der Waals surface area contributed by atoms with E-state index in [1.54, 1.807) is 0 Å². The Morgan fingerprint density at radius 1 is 1.29 bits per heavy atom. The van der Waals surface area contributed by atoms with Crippen LogP contribution in [0.5, 0.6) is 0 Å². The molecule has 98 valence electrons. The molecule has 0 radical (unpaired) electrons. The average molecular weight is 239 g/mol. The fourth-order valence-electron chi connectivity index (χ4n) is 1.40. The van der Waals surface area contributed by atoms with Gasteiger partial charge in [-0.15, -0.1) is 12.3 Å². The minimum absolute atomic E-state index is 0.0217. The summed E-state index contributed by atoms with van der Waals surface area (Å²) in [6, 6.07) is 0.0217. The monoisotopic (exact) mass is 239 g/mol. The number of carbonyl (C=O) groups excluding carboxylic acids is 1. The van der Waals surface area contributed by atoms with Crippen molar-refractivity contribution in [2.45, 2.75) is 66.0 Å². The number of hydrogen-bond donors (Lipinski definition) is 1. The maximum atomic E-state index is 11.7. The number of terminal acetylenes is 1. The number of nitrogens with one attached hydrogen (secondary N) is 1. The molecule has 1 N–H and O–H groups in total. The van der Waals surface area contributed by atoms with Crippen LogP contribution in [0.4, 0.5) is 4.79 Å². The van der Waals surface area contributed by atoms with Crippen molar-refractivity contribution in [2.24, 2.45) is 5.41 Å². The van der Waals surface area contributed by atoms with Gasteiger partial charge in [0.25, 0.3) is 0 Å². The molecule has 0 aromatic carbocycles. The number of ether oxygens (including phenoxy) is 1. The van der Waals surface area contributed by atoms with Crippen LogP contribution >= 0.6 is 0 Å². The summed E-state index contributed by atoms with van der Waals surface area (Å²) >= 11 is 0. The Morgan fingerprint density at radius 2 is 1.82 bits per heavy atom. The zero-order valence-electron chi connectivity index (χ0n) is 11.9. The molecule has 0 aliphatic rings. The first-order valence-corrected chi connectivity index (χ1v) is 5.99. The van der Waals surface area contributed by atoms with E-state index in [1.165, 1.54) is 0 Å². The Balaban J connectivity index is 4.45. The summed E-state index contributed by atoms with van der Waals surface area (Å²) in [5.74, 6) is 2.60. The van der Waals surface area contributed by atoms with Gasteiger partial charge in [0.1, 0.15) is 5.60 Å². The summed E-state index contributed by atoms with van der Waals surface area (Å²) in [5, 5.41) is 2.89. The molecule has 1 atom stereocenters. The molecular formula is C14H25NO2. The van der Waals surface area contributed by atoms with Crippen molar-refractivity contribution in [3.05, 3.63) is 0 Å². The number of rotatable bonds is 3. The lowest BCUT2D eigenvalue weighted by Gasteiger charge is -2.32. The number of carbonyl (C=O) groups is 1. The van der Waals surface area contributed by atoms with Crippen LogP contribution < -0.4 is 5.32 Å². The summed E-state index contributed by atoms with van der Waals surface area (Å²) in [5.41, 5.74) is -0.508. The van der Waals surface area contributed by atoms with Crippen LogP contribution in [0, 0.1) is 17.8 Å². The molecule has 3 nitrogen and oxygen atoms in total. The molecule has 17 heavy (non-hydrogen) atoms. The van der Waals surface area contributed by atoms with Crippen molar-refractivity contribution >= 4 is 6.09 Å². The third-order valence-electron chi connectivity index (χ3n) is 2.31. The molecule has 0 aliphatic carbocycles. The lowest BCUT2D eigenvalue weighted by atomic mass is 9.84. The molecule has 0 heterocycles. The molecule has 0 aromatic heterocycles. The van der Waals surface area contributed by atoms with Crippen LogP contribution in [0.25, 0.3) is 0 Å². The first-order chi connectivity index (χ1) is 7.56. The fourth-order valence-corrected chi connectivity index (χ4v) is 1.40. The van der Waals surface area contributed by atoms with E-state index in [1.807, 2.05) is 20.8 Å². The molecule has 1 unspecified atom stereocenters. The minimum Gasteiger partial charge on any atom is -0.444 e. The Hall–Kier alpha value is -1.17. The molecule has 0 fully saturated rings. The van der Waals surface area contributed by atoms with Crippen molar-refractivity contribution in [2.75, 3.05) is 0 Å². The molecule has 3 heteroatoms. The van der Waals surface area contributed by atoms with Crippen molar-refractivity contribution in [1.82, 2.24) is 5.32 Å². The van der Waals surface area contributed by atoms with E-state index in [4.69, 9.17) is 11.2 Å². The van der Waals surface area contributed by atoms with Gasteiger partial charge < -0.3 is 10.1 Å². The second kappa shape index (κ2) is 5.95. The first-order valence-electron chi connectivity index (χ1n) is 5.99. The summed E-state index contributed by atoms with van der Waals surface area (Å²) in [7, 11) is 0. The summed E-state index contributed by atoms with van der Waals surface area (Å²) < 4.78 is 5.24. The maximum Gasteiger partial charge on any atom is 0.407 e. The zero-order valence-corrected chi connectivity index (χ0v) is 11.9. The predicted molar refractivity (Wildman–Crippen MR) is 70.7 cm³/mol. The Labute approximate surface area is 105 Å². The van der Waals surface area contributed by atoms with Gasteiger partial charge in [-0.1, -0.05) is 20.8 Å². The molecule has 1 amide bonds. The number of amides is 1. The Kier molecular flexibility index (Phi) is 5.54. The third kappa shape index (κ3) is 7.68. The highest BCUT2D eigenvalue weighted by atomic mass is 16.6. The molecule has 0 spiro atoms. The van der Waals surface area contributed by atoms with E-state index in [9.17, 15) is 4.79 Å². The van der Waals surface area contributed by atoms with Gasteiger partial charge in [0.15, 0.2) is 0 Å². The number of hydrogen-bond acceptors (Lipinski definition) is 2. The van der Waals surface area contributed by atoms with Crippen LogP contribution in [0.1, 0.15) is 54.4 Å². The lowest BCUT2D eigenvalue weighted by Crippen LogP contribution is -2.45. The highest BCUT2D eigenvalue weighted by molar-refractivity contribution is 5.68. The SMILES string of the molecule is C#CCCC(NC(=O)OC(C)(C)C)C(C)(C)C. The second-order valence-corrected chi connectivity index (χ2v) is 6.31. The van der Waals surface area contributed by atoms with Crippen LogP contribution in [0.3, 0.4) is 0 Å². The molecule has 0 aliphatic heterocycles. The van der Waals surface area contributed by atoms with E-state index in [0.717, 1.165) is 6.42 Å². The Bertz CT molecular complexity index is 289. The smallest absolute Gasteiger partial charge is 0.407 e. The second-order valence-electron chi connectivity index (χ2n) is 6.31. The largest absolute Gasteiger partial charge is 0.444 e. The van der Waals surface area contributed by atoms with Crippen LogP contribution in [-0.2, 0) is 4.74 Å². The molecule has 0 bridgehead atoms. The maximum absolute atomic E-state index is 11.7. The fraction of sp³-hybridized carbons (Fsp3) is 0.786. The standard InChI is InChI=1S/C14H25NO2/c1-8-9-10-11(13(2,3)4)15-12(16)17-14(5,6)7/h1,11H,9-10H2,2-7H3,(H,15,16). The highest BCUT2D eigenvalue weighted by Gasteiger charge is 2.27. The van der Waals surface area contributed by atoms with E-state index >= 15 is 0 Å². The molecule has 0 rings (SSSR count). The van der Waals surface area contributed by atoms with E-state index < -0.39 is 5.60 Å². The van der Waals surface area contributed by atoms with Gasteiger partial charge >= 0.3 is 6.09 Å². The van der Waals surface area contributed by atoms with Gasteiger partial charge in [-0.3, -0.25) is 0 Å². The minimum atomic E-state index is -0.474. The normalized spacial score (nSPS) is 13.7. The van der Waals surface area contributed by atoms with E-state index in [0.29, 0.717) is 6.42 Å².